The number of nitrogens with zero attached hydrogens (tertiary/aromatic N) is 2. The molecule has 3 aliphatic heterocycles. The predicted octanol–water partition coefficient (Wildman–Crippen LogP) is 4.07. The third-order valence-corrected chi connectivity index (χ3v) is 5.13. The van der Waals surface area contributed by atoms with Crippen molar-refractivity contribution in [3.05, 3.63) is 59.7 Å². The van der Waals surface area contributed by atoms with Gasteiger partial charge in [-0.2, -0.15) is 0 Å². The van der Waals surface area contributed by atoms with Crippen LogP contribution in [-0.4, -0.2) is 21.0 Å². The SMILES string of the molecule is CCc1cnc2cnc(C3CC(C)NC(c4ccccc4)C3)[nH]c1-2. The second kappa shape index (κ2) is 6.36. The van der Waals surface area contributed by atoms with Crippen LogP contribution >= 0.6 is 0 Å². The minimum atomic E-state index is 0.384. The second-order valence-electron chi connectivity index (χ2n) is 6.86. The molecule has 3 unspecified atom stereocenters. The monoisotopic (exact) mass is 320 g/mol. The molecule has 3 atom stereocenters. The van der Waals surface area contributed by atoms with E-state index >= 15 is 0 Å². The Labute approximate surface area is 143 Å². The molecular formula is C20H24N4. The van der Waals surface area contributed by atoms with E-state index in [9.17, 15) is 0 Å². The van der Waals surface area contributed by atoms with Gasteiger partial charge in [-0.3, -0.25) is 4.98 Å². The Morgan fingerprint density at radius 1 is 1.08 bits per heavy atom. The van der Waals surface area contributed by atoms with E-state index in [1.165, 1.54) is 11.1 Å². The summed E-state index contributed by atoms with van der Waals surface area (Å²) < 4.78 is 0. The van der Waals surface area contributed by atoms with E-state index in [0.29, 0.717) is 18.0 Å². The molecule has 2 N–H and O–H groups in total. The number of benzene rings is 1. The van der Waals surface area contributed by atoms with Crippen molar-refractivity contribution in [2.75, 3.05) is 0 Å². The molecule has 0 amide bonds. The van der Waals surface area contributed by atoms with Crippen LogP contribution in [0.25, 0.3) is 11.4 Å². The minimum absolute atomic E-state index is 0.384. The lowest BCUT2D eigenvalue weighted by molar-refractivity contribution is 0.299. The van der Waals surface area contributed by atoms with Crippen molar-refractivity contribution in [3.8, 4) is 11.4 Å². The molecule has 1 aromatic carbocycles. The van der Waals surface area contributed by atoms with E-state index in [2.05, 4.69) is 59.5 Å². The first kappa shape index (κ1) is 15.3. The number of H-pyrrole nitrogens is 1. The highest BCUT2D eigenvalue weighted by molar-refractivity contribution is 5.60. The molecule has 4 rings (SSSR count). The predicted molar refractivity (Wildman–Crippen MR) is 96.1 cm³/mol. The summed E-state index contributed by atoms with van der Waals surface area (Å²) in [7, 11) is 0. The number of nitrogens with one attached hydrogen (secondary N) is 2. The molecular weight excluding hydrogens is 296 g/mol. The fraction of sp³-hybridized carbons (Fsp3) is 0.400. The third kappa shape index (κ3) is 2.82. The highest BCUT2D eigenvalue weighted by atomic mass is 15.0. The summed E-state index contributed by atoms with van der Waals surface area (Å²) in [6.45, 7) is 4.44. The molecule has 0 aliphatic carbocycles. The summed E-state index contributed by atoms with van der Waals surface area (Å²) in [6.07, 6.45) is 7.05. The smallest absolute Gasteiger partial charge is 0.109 e. The highest BCUT2D eigenvalue weighted by Crippen LogP contribution is 2.36. The van der Waals surface area contributed by atoms with Crippen molar-refractivity contribution in [1.29, 1.82) is 0 Å². The maximum atomic E-state index is 4.69. The standard InChI is InChI=1S/C20H24N4/c1-3-14-11-21-18-12-22-20(24-19(14)18)16-9-13(2)23-17(10-16)15-7-5-4-6-8-15/h4-8,11-13,16-17,23H,3,9-10H2,1-2H3,(H,22,24). The molecule has 1 fully saturated rings. The lowest BCUT2D eigenvalue weighted by Crippen LogP contribution is -2.38. The zero-order valence-electron chi connectivity index (χ0n) is 14.3. The maximum absolute atomic E-state index is 4.69. The number of hydrogen-bond donors (Lipinski definition) is 2. The molecule has 0 bridgehead atoms. The van der Waals surface area contributed by atoms with Gasteiger partial charge in [-0.25, -0.2) is 4.98 Å². The van der Waals surface area contributed by atoms with Crippen molar-refractivity contribution in [2.24, 2.45) is 0 Å². The van der Waals surface area contributed by atoms with Crippen LogP contribution in [0.15, 0.2) is 42.7 Å². The summed E-state index contributed by atoms with van der Waals surface area (Å²) >= 11 is 0. The average Bonchev–Trinajstić information content (AvgIpc) is 3.04. The Hall–Kier alpha value is -2.20. The minimum Gasteiger partial charge on any atom is -0.341 e. The highest BCUT2D eigenvalue weighted by Gasteiger charge is 2.29. The van der Waals surface area contributed by atoms with Crippen molar-refractivity contribution in [2.45, 2.75) is 51.1 Å². The van der Waals surface area contributed by atoms with Gasteiger partial charge in [-0.05, 0) is 37.3 Å². The van der Waals surface area contributed by atoms with E-state index < -0.39 is 0 Å². The lowest BCUT2D eigenvalue weighted by atomic mass is 9.85. The van der Waals surface area contributed by atoms with Gasteiger partial charge in [0.2, 0.25) is 0 Å². The van der Waals surface area contributed by atoms with Gasteiger partial charge in [-0.15, -0.1) is 0 Å². The third-order valence-electron chi connectivity index (χ3n) is 5.13. The van der Waals surface area contributed by atoms with Crippen LogP contribution in [0.2, 0.25) is 0 Å². The molecule has 3 aliphatic rings. The second-order valence-corrected chi connectivity index (χ2v) is 6.86. The Morgan fingerprint density at radius 3 is 2.71 bits per heavy atom. The van der Waals surface area contributed by atoms with Crippen LogP contribution in [0.4, 0.5) is 0 Å². The van der Waals surface area contributed by atoms with Crippen molar-refractivity contribution < 1.29 is 0 Å². The van der Waals surface area contributed by atoms with Gasteiger partial charge in [0.05, 0.1) is 11.9 Å². The molecule has 0 radical (unpaired) electrons. The molecule has 4 nitrogen and oxygen atoms in total. The van der Waals surface area contributed by atoms with Crippen LogP contribution in [0.5, 0.6) is 0 Å². The van der Waals surface area contributed by atoms with Gasteiger partial charge < -0.3 is 10.3 Å². The molecule has 4 heteroatoms. The van der Waals surface area contributed by atoms with E-state index in [-0.39, 0.29) is 0 Å². The lowest BCUT2D eigenvalue weighted by Gasteiger charge is -2.34. The van der Waals surface area contributed by atoms with Crippen molar-refractivity contribution in [1.82, 2.24) is 20.3 Å². The van der Waals surface area contributed by atoms with E-state index in [4.69, 9.17) is 4.98 Å². The Kier molecular flexibility index (Phi) is 4.07. The van der Waals surface area contributed by atoms with Gasteiger partial charge in [0.25, 0.3) is 0 Å². The largest absolute Gasteiger partial charge is 0.341 e. The number of hydrogen-bond acceptors (Lipinski definition) is 3. The number of aryl methyl sites for hydroxylation is 1. The number of rotatable bonds is 3. The summed E-state index contributed by atoms with van der Waals surface area (Å²) in [5.41, 5.74) is 4.76. The topological polar surface area (TPSA) is 53.6 Å². The van der Waals surface area contributed by atoms with Gasteiger partial charge in [0, 0.05) is 24.2 Å². The average molecular weight is 320 g/mol. The van der Waals surface area contributed by atoms with Crippen LogP contribution in [0.3, 0.4) is 0 Å². The molecule has 0 spiro atoms. The first-order chi connectivity index (χ1) is 11.7. The van der Waals surface area contributed by atoms with Gasteiger partial charge in [0.1, 0.15) is 11.5 Å². The molecule has 3 heterocycles. The van der Waals surface area contributed by atoms with Gasteiger partial charge in [0.15, 0.2) is 0 Å². The van der Waals surface area contributed by atoms with Crippen molar-refractivity contribution in [3.63, 3.8) is 0 Å². The summed E-state index contributed by atoms with van der Waals surface area (Å²) in [4.78, 5) is 12.7. The van der Waals surface area contributed by atoms with Gasteiger partial charge in [-0.1, -0.05) is 37.3 Å². The fourth-order valence-electron chi connectivity index (χ4n) is 3.88. The Bertz CT molecular complexity index is 780. The molecule has 24 heavy (non-hydrogen) atoms. The fourth-order valence-corrected chi connectivity index (χ4v) is 3.88. The number of fused-ring (bicyclic) bond motifs is 1. The first-order valence-electron chi connectivity index (χ1n) is 8.88. The number of aromatic nitrogens is 3. The summed E-state index contributed by atoms with van der Waals surface area (Å²) in [6, 6.07) is 11.6. The zero-order chi connectivity index (χ0) is 16.5. The molecule has 124 valence electrons. The van der Waals surface area contributed by atoms with Crippen molar-refractivity contribution >= 4 is 0 Å². The molecule has 1 aromatic rings. The molecule has 0 aromatic heterocycles. The first-order valence-corrected chi connectivity index (χ1v) is 8.88. The molecule has 1 saturated heterocycles. The maximum Gasteiger partial charge on any atom is 0.109 e. The Morgan fingerprint density at radius 2 is 1.92 bits per heavy atom. The number of aromatic amines is 1. The van der Waals surface area contributed by atoms with Crippen LogP contribution < -0.4 is 5.32 Å². The number of piperidine rings is 1. The van der Waals surface area contributed by atoms with Crippen LogP contribution in [0, 0.1) is 0 Å². The molecule has 0 saturated carbocycles. The van der Waals surface area contributed by atoms with E-state index in [1.54, 1.807) is 0 Å². The summed E-state index contributed by atoms with van der Waals surface area (Å²) in [5.74, 6) is 1.54. The normalized spacial score (nSPS) is 24.3. The van der Waals surface area contributed by atoms with E-state index in [1.807, 2.05) is 12.4 Å². The summed E-state index contributed by atoms with van der Waals surface area (Å²) in [5, 5.41) is 3.73. The van der Waals surface area contributed by atoms with Crippen LogP contribution in [0.1, 0.15) is 55.6 Å². The van der Waals surface area contributed by atoms with Crippen LogP contribution in [-0.2, 0) is 6.42 Å². The quantitative estimate of drug-likeness (QED) is 0.765. The van der Waals surface area contributed by atoms with E-state index in [0.717, 1.165) is 36.5 Å². The van der Waals surface area contributed by atoms with Gasteiger partial charge >= 0.3 is 0 Å². The zero-order valence-corrected chi connectivity index (χ0v) is 14.3. The Balaban J connectivity index is 1.64.